The number of rotatable bonds is 18. The minimum atomic E-state index is -0.827. The third kappa shape index (κ3) is 7.12. The number of non-ortho nitro benzene ring substituents is 1. The molecule has 2 heterocycles. The predicted octanol–water partition coefficient (Wildman–Crippen LogP) is 10.5. The minimum absolute atomic E-state index is 0.144. The van der Waals surface area contributed by atoms with Gasteiger partial charge in [-0.05, 0) is 44.1 Å². The number of hydrogen-bond donors (Lipinski definition) is 1. The van der Waals surface area contributed by atoms with Crippen LogP contribution in [0.1, 0.15) is 135 Å². The van der Waals surface area contributed by atoms with E-state index in [-0.39, 0.29) is 11.4 Å². The highest BCUT2D eigenvalue weighted by Gasteiger charge is 2.58. The van der Waals surface area contributed by atoms with E-state index in [1.54, 1.807) is 0 Å². The summed E-state index contributed by atoms with van der Waals surface area (Å²) in [6.07, 6.45) is 25.3. The van der Waals surface area contributed by atoms with E-state index in [1.807, 2.05) is 12.2 Å². The molecule has 0 amide bonds. The normalized spacial score (nSPS) is 18.2. The number of para-hydroxylation sites is 1. The lowest BCUT2D eigenvalue weighted by Gasteiger charge is -2.47. The van der Waals surface area contributed by atoms with Crippen molar-refractivity contribution in [3.63, 3.8) is 0 Å². The number of unbranched alkanes of at least 4 members (excludes halogenated alkanes) is 15. The van der Waals surface area contributed by atoms with Gasteiger partial charge in [-0.3, -0.25) is 10.1 Å². The van der Waals surface area contributed by atoms with Gasteiger partial charge in [0.25, 0.3) is 5.69 Å². The van der Waals surface area contributed by atoms with Crippen molar-refractivity contribution in [1.82, 2.24) is 0 Å². The van der Waals surface area contributed by atoms with Crippen LogP contribution in [0.25, 0.3) is 6.08 Å². The van der Waals surface area contributed by atoms with E-state index >= 15 is 0 Å². The van der Waals surface area contributed by atoms with Gasteiger partial charge in [0.2, 0.25) is 5.72 Å². The first kappa shape index (κ1) is 31.9. The zero-order valence-corrected chi connectivity index (χ0v) is 26.2. The molecule has 0 fully saturated rings. The Hall–Kier alpha value is -3.02. The Bertz CT molecular complexity index is 1210. The summed E-state index contributed by atoms with van der Waals surface area (Å²) < 4.78 is 6.70. The number of fused-ring (bicyclic) bond motifs is 2. The fourth-order valence-corrected chi connectivity index (χ4v) is 6.89. The summed E-state index contributed by atoms with van der Waals surface area (Å²) in [5, 5.41) is 22.1. The van der Waals surface area contributed by atoms with Crippen molar-refractivity contribution in [2.45, 2.75) is 135 Å². The quantitative estimate of drug-likeness (QED) is 0.108. The van der Waals surface area contributed by atoms with Gasteiger partial charge in [0.15, 0.2) is 11.5 Å². The topological polar surface area (TPSA) is 75.8 Å². The maximum Gasteiger partial charge on any atom is 0.274 e. The number of nitrogens with zero attached hydrogens (tertiary/aromatic N) is 2. The molecule has 1 unspecified atom stereocenters. The van der Waals surface area contributed by atoms with Crippen LogP contribution in [0.5, 0.6) is 11.5 Å². The van der Waals surface area contributed by atoms with Gasteiger partial charge >= 0.3 is 0 Å². The SMILES string of the molecule is CCCCCCCCCCCCCCCCCCN1c2ccccc2C(C)(C)C12C=Cc1cc([N+](=O)[O-])cc(O)c1O2. The molecule has 0 aromatic heterocycles. The number of hydrogen-bond acceptors (Lipinski definition) is 5. The summed E-state index contributed by atoms with van der Waals surface area (Å²) in [7, 11) is 0. The maximum atomic E-state index is 11.3. The van der Waals surface area contributed by atoms with E-state index in [9.17, 15) is 15.2 Å². The van der Waals surface area contributed by atoms with Crippen molar-refractivity contribution in [3.8, 4) is 11.5 Å². The highest BCUT2D eigenvalue weighted by Crippen LogP contribution is 2.56. The molecule has 2 aliphatic rings. The molecule has 230 valence electrons. The molecular weight excluding hydrogens is 524 g/mol. The molecule has 0 saturated heterocycles. The summed E-state index contributed by atoms with van der Waals surface area (Å²) >= 11 is 0. The summed E-state index contributed by atoms with van der Waals surface area (Å²) in [4.78, 5) is 13.2. The van der Waals surface area contributed by atoms with Crippen LogP contribution in [0.4, 0.5) is 11.4 Å². The van der Waals surface area contributed by atoms with Crippen molar-refractivity contribution >= 4 is 17.5 Å². The largest absolute Gasteiger partial charge is 0.504 e. The molecule has 0 bridgehead atoms. The van der Waals surface area contributed by atoms with Gasteiger partial charge in [0.05, 0.1) is 16.4 Å². The number of phenolic OH excluding ortho intramolecular Hbond substituents is 1. The molecule has 1 spiro atoms. The van der Waals surface area contributed by atoms with Crippen LogP contribution in [-0.4, -0.2) is 22.3 Å². The summed E-state index contributed by atoms with van der Waals surface area (Å²) in [6, 6.07) is 11.1. The van der Waals surface area contributed by atoms with Gasteiger partial charge in [-0.1, -0.05) is 121 Å². The fraction of sp³-hybridized carbons (Fsp3) is 0.611. The van der Waals surface area contributed by atoms with Crippen molar-refractivity contribution in [2.24, 2.45) is 0 Å². The van der Waals surface area contributed by atoms with Crippen LogP contribution in [0.15, 0.2) is 42.5 Å². The number of anilines is 1. The molecular formula is C36H52N2O4. The summed E-state index contributed by atoms with van der Waals surface area (Å²) in [5.41, 5.74) is 1.51. The van der Waals surface area contributed by atoms with E-state index < -0.39 is 16.1 Å². The standard InChI is InChI=1S/C36H52N2O4/c1-4-5-6-7-8-9-10-11-12-13-14-15-16-17-18-21-26-37-32-23-20-19-22-31(32)35(2,3)36(37)25-24-29-27-30(38(40)41)28-33(39)34(29)42-36/h19-20,22-25,27-28,39H,4-18,21,26H2,1-3H3. The zero-order chi connectivity index (χ0) is 30.0. The van der Waals surface area contributed by atoms with Crippen LogP contribution >= 0.6 is 0 Å². The van der Waals surface area contributed by atoms with Crippen LogP contribution in [0.2, 0.25) is 0 Å². The van der Waals surface area contributed by atoms with Crippen molar-refractivity contribution in [2.75, 3.05) is 11.4 Å². The molecule has 0 radical (unpaired) electrons. The third-order valence-corrected chi connectivity index (χ3v) is 9.44. The lowest BCUT2D eigenvalue weighted by molar-refractivity contribution is -0.385. The van der Waals surface area contributed by atoms with Crippen LogP contribution in [-0.2, 0) is 5.41 Å². The fourth-order valence-electron chi connectivity index (χ4n) is 6.89. The Balaban J connectivity index is 1.25. The van der Waals surface area contributed by atoms with E-state index in [2.05, 4.69) is 49.9 Å². The monoisotopic (exact) mass is 576 g/mol. The number of nitro groups is 1. The molecule has 2 aromatic rings. The molecule has 0 aliphatic carbocycles. The van der Waals surface area contributed by atoms with Gasteiger partial charge in [-0.25, -0.2) is 0 Å². The number of benzene rings is 2. The Morgan fingerprint density at radius 2 is 1.38 bits per heavy atom. The number of ether oxygens (including phenoxy) is 1. The van der Waals surface area contributed by atoms with Gasteiger partial charge < -0.3 is 14.7 Å². The molecule has 42 heavy (non-hydrogen) atoms. The van der Waals surface area contributed by atoms with E-state index in [4.69, 9.17) is 4.74 Å². The molecule has 2 aromatic carbocycles. The Morgan fingerprint density at radius 3 is 1.95 bits per heavy atom. The van der Waals surface area contributed by atoms with E-state index in [0.29, 0.717) is 11.3 Å². The second-order valence-electron chi connectivity index (χ2n) is 12.9. The van der Waals surface area contributed by atoms with E-state index in [0.717, 1.165) is 18.7 Å². The Labute approximate surface area is 253 Å². The van der Waals surface area contributed by atoms with Gasteiger partial charge in [0, 0.05) is 23.9 Å². The Morgan fingerprint density at radius 1 is 0.833 bits per heavy atom. The first-order valence-corrected chi connectivity index (χ1v) is 16.6. The van der Waals surface area contributed by atoms with Crippen LogP contribution in [0.3, 0.4) is 0 Å². The number of nitro benzene ring substituents is 1. The van der Waals surface area contributed by atoms with Gasteiger partial charge in [-0.15, -0.1) is 0 Å². The molecule has 4 rings (SSSR count). The van der Waals surface area contributed by atoms with Gasteiger partial charge in [-0.2, -0.15) is 0 Å². The first-order valence-electron chi connectivity index (χ1n) is 16.6. The predicted molar refractivity (Wildman–Crippen MR) is 174 cm³/mol. The lowest BCUT2D eigenvalue weighted by Crippen LogP contribution is -2.59. The van der Waals surface area contributed by atoms with Crippen LogP contribution < -0.4 is 9.64 Å². The maximum absolute atomic E-state index is 11.3. The Kier molecular flexibility index (Phi) is 11.3. The van der Waals surface area contributed by atoms with Gasteiger partial charge in [0.1, 0.15) is 0 Å². The first-order chi connectivity index (χ1) is 20.3. The van der Waals surface area contributed by atoms with Crippen molar-refractivity contribution < 1.29 is 14.8 Å². The lowest BCUT2D eigenvalue weighted by atomic mass is 9.76. The molecule has 1 atom stereocenters. The summed E-state index contributed by atoms with van der Waals surface area (Å²) in [5.74, 6) is 0.109. The number of phenols is 1. The second kappa shape index (κ2) is 14.9. The minimum Gasteiger partial charge on any atom is -0.504 e. The van der Waals surface area contributed by atoms with Crippen molar-refractivity contribution in [3.05, 3.63) is 63.7 Å². The highest BCUT2D eigenvalue weighted by atomic mass is 16.6. The molecule has 0 saturated carbocycles. The molecule has 6 nitrogen and oxygen atoms in total. The smallest absolute Gasteiger partial charge is 0.274 e. The molecule has 6 heteroatoms. The number of aromatic hydroxyl groups is 1. The van der Waals surface area contributed by atoms with Crippen molar-refractivity contribution in [1.29, 1.82) is 0 Å². The highest BCUT2D eigenvalue weighted by molar-refractivity contribution is 5.75. The zero-order valence-electron chi connectivity index (χ0n) is 26.2. The second-order valence-corrected chi connectivity index (χ2v) is 12.9. The average Bonchev–Trinajstić information content (AvgIpc) is 3.15. The van der Waals surface area contributed by atoms with E-state index in [1.165, 1.54) is 114 Å². The average molecular weight is 577 g/mol. The summed E-state index contributed by atoms with van der Waals surface area (Å²) in [6.45, 7) is 7.47. The third-order valence-electron chi connectivity index (χ3n) is 9.44. The van der Waals surface area contributed by atoms with Crippen LogP contribution in [0, 0.1) is 10.1 Å². The molecule has 1 N–H and O–H groups in total. The molecule has 2 aliphatic heterocycles.